The molecule has 0 heterocycles. The van der Waals surface area contributed by atoms with E-state index in [0.29, 0.717) is 15.5 Å². The van der Waals surface area contributed by atoms with Crippen molar-refractivity contribution in [3.8, 4) is 0 Å². The molecule has 2 rings (SSSR count). The first-order valence-electron chi connectivity index (χ1n) is 5.87. The van der Waals surface area contributed by atoms with E-state index in [1.807, 2.05) is 0 Å². The summed E-state index contributed by atoms with van der Waals surface area (Å²) in [5, 5.41) is 21.2. The number of halogens is 1. The second-order valence-corrected chi connectivity index (χ2v) is 5.77. The van der Waals surface area contributed by atoms with E-state index in [1.165, 1.54) is 17.8 Å². The number of nitro groups is 1. The van der Waals surface area contributed by atoms with Crippen molar-refractivity contribution < 1.29 is 10.0 Å². The van der Waals surface area contributed by atoms with Crippen LogP contribution < -0.4 is 0 Å². The molecule has 0 amide bonds. The fraction of sp³-hybridized carbons (Fsp3) is 0.143. The molecule has 20 heavy (non-hydrogen) atoms. The third-order valence-electron chi connectivity index (χ3n) is 2.70. The second-order valence-electron chi connectivity index (χ2n) is 4.22. The van der Waals surface area contributed by atoms with Crippen LogP contribution in [0.2, 0.25) is 5.02 Å². The van der Waals surface area contributed by atoms with Crippen molar-refractivity contribution in [1.29, 1.82) is 0 Å². The highest BCUT2D eigenvalue weighted by molar-refractivity contribution is 7.99. The molecule has 1 N–H and O–H groups in total. The SMILES string of the molecule is C[C@H](O)c1ccc(Sc2ccc(Cl)cc2)c([N+](=O)[O-])c1. The Morgan fingerprint density at radius 1 is 1.25 bits per heavy atom. The molecule has 0 unspecified atom stereocenters. The zero-order valence-corrected chi connectivity index (χ0v) is 12.2. The van der Waals surface area contributed by atoms with Gasteiger partial charge in [-0.2, -0.15) is 0 Å². The van der Waals surface area contributed by atoms with Gasteiger partial charge < -0.3 is 5.11 Å². The summed E-state index contributed by atoms with van der Waals surface area (Å²) in [6.45, 7) is 1.57. The number of hydrogen-bond acceptors (Lipinski definition) is 4. The van der Waals surface area contributed by atoms with Gasteiger partial charge in [0.15, 0.2) is 0 Å². The molecule has 4 nitrogen and oxygen atoms in total. The summed E-state index contributed by atoms with van der Waals surface area (Å²) >= 11 is 7.10. The van der Waals surface area contributed by atoms with Gasteiger partial charge in [-0.1, -0.05) is 29.4 Å². The topological polar surface area (TPSA) is 63.4 Å². The maximum atomic E-state index is 11.1. The third kappa shape index (κ3) is 3.50. The lowest BCUT2D eigenvalue weighted by atomic mass is 10.1. The first kappa shape index (κ1) is 14.8. The molecular weight excluding hydrogens is 298 g/mol. The minimum absolute atomic E-state index is 0.0108. The number of nitro benzene ring substituents is 1. The van der Waals surface area contributed by atoms with Crippen molar-refractivity contribution in [3.05, 3.63) is 63.2 Å². The zero-order chi connectivity index (χ0) is 14.7. The average Bonchev–Trinajstić information content (AvgIpc) is 2.41. The molecule has 0 radical (unpaired) electrons. The van der Waals surface area contributed by atoms with Gasteiger partial charge in [-0.3, -0.25) is 10.1 Å². The summed E-state index contributed by atoms with van der Waals surface area (Å²) in [7, 11) is 0. The monoisotopic (exact) mass is 309 g/mol. The molecule has 2 aromatic carbocycles. The van der Waals surface area contributed by atoms with Gasteiger partial charge >= 0.3 is 0 Å². The molecule has 2 aromatic rings. The van der Waals surface area contributed by atoms with Gasteiger partial charge in [0.05, 0.1) is 15.9 Å². The summed E-state index contributed by atoms with van der Waals surface area (Å²) in [5.74, 6) is 0. The number of hydrogen-bond donors (Lipinski definition) is 1. The molecule has 0 saturated heterocycles. The van der Waals surface area contributed by atoms with Crippen molar-refractivity contribution in [3.63, 3.8) is 0 Å². The Morgan fingerprint density at radius 2 is 1.90 bits per heavy atom. The van der Waals surface area contributed by atoms with Crippen molar-refractivity contribution >= 4 is 29.1 Å². The zero-order valence-electron chi connectivity index (χ0n) is 10.6. The van der Waals surface area contributed by atoms with Crippen LogP contribution in [-0.2, 0) is 0 Å². The Morgan fingerprint density at radius 3 is 2.45 bits per heavy atom. The highest BCUT2D eigenvalue weighted by Gasteiger charge is 2.17. The number of benzene rings is 2. The van der Waals surface area contributed by atoms with Crippen LogP contribution in [0.3, 0.4) is 0 Å². The largest absolute Gasteiger partial charge is 0.389 e. The maximum absolute atomic E-state index is 11.1. The van der Waals surface area contributed by atoms with Gasteiger partial charge in [-0.25, -0.2) is 0 Å². The van der Waals surface area contributed by atoms with Crippen LogP contribution in [0.1, 0.15) is 18.6 Å². The molecule has 0 bridgehead atoms. The van der Waals surface area contributed by atoms with E-state index in [0.717, 1.165) is 4.90 Å². The standard InChI is InChI=1S/C14H12ClNO3S/c1-9(17)10-2-7-14(13(8-10)16(18)19)20-12-5-3-11(15)4-6-12/h2-9,17H,1H3/t9-/m0/s1. The predicted molar refractivity (Wildman–Crippen MR) is 79.3 cm³/mol. The van der Waals surface area contributed by atoms with Crippen LogP contribution in [0.5, 0.6) is 0 Å². The summed E-state index contributed by atoms with van der Waals surface area (Å²) in [6, 6.07) is 11.8. The summed E-state index contributed by atoms with van der Waals surface area (Å²) in [5.41, 5.74) is 0.514. The first-order chi connectivity index (χ1) is 9.47. The van der Waals surface area contributed by atoms with Crippen molar-refractivity contribution in [2.75, 3.05) is 0 Å². The van der Waals surface area contributed by atoms with Crippen molar-refractivity contribution in [2.24, 2.45) is 0 Å². The van der Waals surface area contributed by atoms with E-state index in [-0.39, 0.29) is 5.69 Å². The summed E-state index contributed by atoms with van der Waals surface area (Å²) in [6.07, 6.45) is -0.733. The van der Waals surface area contributed by atoms with Crippen LogP contribution in [0.15, 0.2) is 52.3 Å². The van der Waals surface area contributed by atoms with E-state index in [4.69, 9.17) is 11.6 Å². The highest BCUT2D eigenvalue weighted by Crippen LogP contribution is 2.36. The molecule has 0 aliphatic carbocycles. The fourth-order valence-electron chi connectivity index (χ4n) is 1.65. The van der Waals surface area contributed by atoms with Crippen molar-refractivity contribution in [2.45, 2.75) is 22.8 Å². The predicted octanol–water partition coefficient (Wildman–Crippen LogP) is 4.45. The normalized spacial score (nSPS) is 12.2. The van der Waals surface area contributed by atoms with Gasteiger partial charge in [0.1, 0.15) is 0 Å². The van der Waals surface area contributed by atoms with Crippen molar-refractivity contribution in [1.82, 2.24) is 0 Å². The number of aliphatic hydroxyl groups is 1. The van der Waals surface area contributed by atoms with Crippen LogP contribution >= 0.6 is 23.4 Å². The minimum atomic E-state index is -0.733. The smallest absolute Gasteiger partial charge is 0.283 e. The summed E-state index contributed by atoms with van der Waals surface area (Å²) < 4.78 is 0. The molecule has 0 aliphatic rings. The van der Waals surface area contributed by atoms with Gasteiger partial charge in [0, 0.05) is 16.0 Å². The lowest BCUT2D eigenvalue weighted by Crippen LogP contribution is -1.96. The number of aliphatic hydroxyl groups excluding tert-OH is 1. The highest BCUT2D eigenvalue weighted by atomic mass is 35.5. The Kier molecular flexibility index (Phi) is 4.65. The first-order valence-corrected chi connectivity index (χ1v) is 7.06. The van der Waals surface area contributed by atoms with E-state index in [2.05, 4.69) is 0 Å². The van der Waals surface area contributed by atoms with Crippen LogP contribution in [0.25, 0.3) is 0 Å². The molecule has 1 atom stereocenters. The Bertz CT molecular complexity index is 629. The fourth-order valence-corrected chi connectivity index (χ4v) is 2.68. The lowest BCUT2D eigenvalue weighted by molar-refractivity contribution is -0.387. The molecule has 0 spiro atoms. The maximum Gasteiger partial charge on any atom is 0.283 e. The van der Waals surface area contributed by atoms with E-state index in [1.54, 1.807) is 43.3 Å². The molecule has 0 saturated carbocycles. The Labute approximate surface area is 125 Å². The van der Waals surface area contributed by atoms with E-state index >= 15 is 0 Å². The van der Waals surface area contributed by atoms with Gasteiger partial charge in [-0.15, -0.1) is 0 Å². The minimum Gasteiger partial charge on any atom is -0.389 e. The van der Waals surface area contributed by atoms with Crippen LogP contribution in [0.4, 0.5) is 5.69 Å². The summed E-state index contributed by atoms with van der Waals surface area (Å²) in [4.78, 5) is 12.1. The van der Waals surface area contributed by atoms with Gasteiger partial charge in [-0.05, 0) is 42.8 Å². The van der Waals surface area contributed by atoms with E-state index < -0.39 is 11.0 Å². The van der Waals surface area contributed by atoms with Gasteiger partial charge in [0.25, 0.3) is 5.69 Å². The molecule has 104 valence electrons. The Balaban J connectivity index is 2.35. The lowest BCUT2D eigenvalue weighted by Gasteiger charge is -2.07. The Hall–Kier alpha value is -1.56. The molecular formula is C14H12ClNO3S. The molecule has 0 aliphatic heterocycles. The van der Waals surface area contributed by atoms with Crippen LogP contribution in [0, 0.1) is 10.1 Å². The quantitative estimate of drug-likeness (QED) is 0.669. The second kappa shape index (κ2) is 6.26. The average molecular weight is 310 g/mol. The van der Waals surface area contributed by atoms with Crippen LogP contribution in [-0.4, -0.2) is 10.0 Å². The third-order valence-corrected chi connectivity index (χ3v) is 4.03. The number of rotatable bonds is 4. The molecule has 6 heteroatoms. The molecule has 0 aromatic heterocycles. The van der Waals surface area contributed by atoms with E-state index in [9.17, 15) is 15.2 Å². The molecule has 0 fully saturated rings. The number of nitrogens with zero attached hydrogens (tertiary/aromatic N) is 1. The van der Waals surface area contributed by atoms with Gasteiger partial charge in [0.2, 0.25) is 0 Å².